The zero-order chi connectivity index (χ0) is 14.9. The van der Waals surface area contributed by atoms with Crippen LogP contribution in [0, 0.1) is 16.0 Å². The highest BCUT2D eigenvalue weighted by atomic mass is 35.5. The molecule has 1 N–H and O–H groups in total. The van der Waals surface area contributed by atoms with E-state index < -0.39 is 14.9 Å². The van der Waals surface area contributed by atoms with Crippen LogP contribution in [0.3, 0.4) is 0 Å². The lowest BCUT2D eigenvalue weighted by atomic mass is 10.2. The summed E-state index contributed by atoms with van der Waals surface area (Å²) in [6.07, 6.45) is 3.03. The number of nitrogens with one attached hydrogen (secondary N) is 1. The van der Waals surface area contributed by atoms with Gasteiger partial charge >= 0.3 is 0 Å². The third-order valence-corrected chi connectivity index (χ3v) is 5.23. The molecule has 1 unspecified atom stereocenters. The molecule has 1 aliphatic rings. The Morgan fingerprint density at radius 1 is 1.50 bits per heavy atom. The van der Waals surface area contributed by atoms with Gasteiger partial charge in [-0.3, -0.25) is 10.1 Å². The van der Waals surface area contributed by atoms with Crippen LogP contribution in [0.1, 0.15) is 26.2 Å². The van der Waals surface area contributed by atoms with Gasteiger partial charge in [0, 0.05) is 18.2 Å². The Balaban J connectivity index is 2.23. The maximum absolute atomic E-state index is 12.2. The summed E-state index contributed by atoms with van der Waals surface area (Å²) in [4.78, 5) is 9.81. The molecule has 110 valence electrons. The molecule has 0 aliphatic heterocycles. The first kappa shape index (κ1) is 15.2. The van der Waals surface area contributed by atoms with Crippen molar-refractivity contribution in [3.63, 3.8) is 0 Å². The van der Waals surface area contributed by atoms with E-state index >= 15 is 0 Å². The summed E-state index contributed by atoms with van der Waals surface area (Å²) in [5.41, 5.74) is -0.301. The fraction of sp³-hybridized carbons (Fsp3) is 0.500. The number of sulfonamides is 1. The molecule has 1 fully saturated rings. The van der Waals surface area contributed by atoms with Gasteiger partial charge in [0.15, 0.2) is 0 Å². The Hall–Kier alpha value is -1.18. The topological polar surface area (TPSA) is 89.3 Å². The number of hydrogen-bond donors (Lipinski definition) is 1. The minimum Gasteiger partial charge on any atom is -0.258 e. The first-order valence-corrected chi connectivity index (χ1v) is 8.12. The molecular formula is C12H15ClN2O4S. The second-order valence-electron chi connectivity index (χ2n) is 5.07. The molecule has 0 saturated heterocycles. The van der Waals surface area contributed by atoms with Gasteiger partial charge in [0.1, 0.15) is 4.90 Å². The van der Waals surface area contributed by atoms with Crippen LogP contribution < -0.4 is 4.72 Å². The van der Waals surface area contributed by atoms with Crippen LogP contribution in [-0.2, 0) is 10.0 Å². The van der Waals surface area contributed by atoms with E-state index in [1.165, 1.54) is 12.1 Å². The number of non-ortho nitro benzene ring substituents is 1. The molecule has 1 saturated carbocycles. The summed E-state index contributed by atoms with van der Waals surface area (Å²) in [7, 11) is -3.85. The number of halogens is 1. The molecular weight excluding hydrogens is 304 g/mol. The van der Waals surface area contributed by atoms with Crippen molar-refractivity contribution in [2.75, 3.05) is 0 Å². The fourth-order valence-corrected chi connectivity index (χ4v) is 3.82. The Bertz CT molecular complexity index is 628. The third kappa shape index (κ3) is 3.68. The summed E-state index contributed by atoms with van der Waals surface area (Å²) >= 11 is 5.85. The maximum Gasteiger partial charge on any atom is 0.270 e. The molecule has 2 rings (SSSR count). The van der Waals surface area contributed by atoms with Crippen LogP contribution >= 0.6 is 11.6 Å². The Labute approximate surface area is 122 Å². The molecule has 6 nitrogen and oxygen atoms in total. The third-order valence-electron chi connectivity index (χ3n) is 3.16. The predicted molar refractivity (Wildman–Crippen MR) is 75.2 cm³/mol. The molecule has 1 aromatic rings. The van der Waals surface area contributed by atoms with Crippen molar-refractivity contribution in [1.29, 1.82) is 0 Å². The predicted octanol–water partition coefficient (Wildman–Crippen LogP) is 2.72. The van der Waals surface area contributed by atoms with E-state index in [2.05, 4.69) is 4.72 Å². The van der Waals surface area contributed by atoms with Crippen LogP contribution in [0.25, 0.3) is 0 Å². The van der Waals surface area contributed by atoms with E-state index in [9.17, 15) is 18.5 Å². The number of nitrogens with zero attached hydrogens (tertiary/aromatic N) is 1. The second-order valence-corrected chi connectivity index (χ2v) is 7.16. The van der Waals surface area contributed by atoms with Gasteiger partial charge in [-0.2, -0.15) is 0 Å². The highest BCUT2D eigenvalue weighted by Gasteiger charge is 2.28. The highest BCUT2D eigenvalue weighted by Crippen LogP contribution is 2.34. The van der Waals surface area contributed by atoms with E-state index in [0.717, 1.165) is 25.3 Å². The minimum absolute atomic E-state index is 0.0262. The van der Waals surface area contributed by atoms with Crippen molar-refractivity contribution in [3.8, 4) is 0 Å². The van der Waals surface area contributed by atoms with E-state index in [1.807, 2.05) is 0 Å². The standard InChI is InChI=1S/C12H15ClN2O4S/c1-8(6-9-2-3-9)14-20(18,19)12-7-10(15(16)17)4-5-11(12)13/h4-5,7-9,14H,2-3,6H2,1H3. The van der Waals surface area contributed by atoms with Crippen molar-refractivity contribution >= 4 is 27.3 Å². The molecule has 1 atom stereocenters. The molecule has 0 amide bonds. The number of rotatable bonds is 6. The van der Waals surface area contributed by atoms with Crippen molar-refractivity contribution < 1.29 is 13.3 Å². The van der Waals surface area contributed by atoms with Crippen molar-refractivity contribution in [2.45, 2.75) is 37.1 Å². The minimum atomic E-state index is -3.85. The summed E-state index contributed by atoms with van der Waals surface area (Å²) in [5.74, 6) is 0.577. The van der Waals surface area contributed by atoms with Crippen LogP contribution in [0.5, 0.6) is 0 Å². The monoisotopic (exact) mass is 318 g/mol. The highest BCUT2D eigenvalue weighted by molar-refractivity contribution is 7.89. The van der Waals surface area contributed by atoms with Crippen molar-refractivity contribution in [1.82, 2.24) is 4.72 Å². The average molecular weight is 319 g/mol. The van der Waals surface area contributed by atoms with Gasteiger partial charge in [-0.1, -0.05) is 24.4 Å². The first-order chi connectivity index (χ1) is 9.29. The number of nitro groups is 1. The zero-order valence-corrected chi connectivity index (χ0v) is 12.4. The smallest absolute Gasteiger partial charge is 0.258 e. The Kier molecular flexibility index (Phi) is 4.31. The molecule has 0 spiro atoms. The molecule has 1 aliphatic carbocycles. The molecule has 0 bridgehead atoms. The molecule has 0 radical (unpaired) electrons. The lowest BCUT2D eigenvalue weighted by Gasteiger charge is -2.14. The van der Waals surface area contributed by atoms with Crippen molar-refractivity contribution in [3.05, 3.63) is 33.3 Å². The van der Waals surface area contributed by atoms with Crippen LogP contribution in [0.15, 0.2) is 23.1 Å². The molecule has 0 heterocycles. The van der Waals surface area contributed by atoms with E-state index in [-0.39, 0.29) is 21.6 Å². The number of benzene rings is 1. The molecule has 20 heavy (non-hydrogen) atoms. The second kappa shape index (κ2) is 5.67. The van der Waals surface area contributed by atoms with Crippen molar-refractivity contribution in [2.24, 2.45) is 5.92 Å². The summed E-state index contributed by atoms with van der Waals surface area (Å²) in [5, 5.41) is 10.7. The lowest BCUT2D eigenvalue weighted by molar-refractivity contribution is -0.385. The average Bonchev–Trinajstić information content (AvgIpc) is 3.11. The Morgan fingerprint density at radius 2 is 2.15 bits per heavy atom. The van der Waals surface area contributed by atoms with Gasteiger partial charge in [-0.05, 0) is 25.3 Å². The number of hydrogen-bond acceptors (Lipinski definition) is 4. The quantitative estimate of drug-likeness (QED) is 0.645. The van der Waals surface area contributed by atoms with E-state index in [0.29, 0.717) is 5.92 Å². The van der Waals surface area contributed by atoms with Gasteiger partial charge < -0.3 is 0 Å². The lowest BCUT2D eigenvalue weighted by Crippen LogP contribution is -2.33. The van der Waals surface area contributed by atoms with Gasteiger partial charge in [-0.25, -0.2) is 13.1 Å². The largest absolute Gasteiger partial charge is 0.270 e. The first-order valence-electron chi connectivity index (χ1n) is 6.26. The maximum atomic E-state index is 12.2. The summed E-state index contributed by atoms with van der Waals surface area (Å²) < 4.78 is 27.0. The SMILES string of the molecule is CC(CC1CC1)NS(=O)(=O)c1cc([N+](=O)[O-])ccc1Cl. The molecule has 8 heteroatoms. The fourth-order valence-electron chi connectivity index (χ4n) is 2.04. The molecule has 1 aromatic carbocycles. The van der Waals surface area contributed by atoms with Crippen LogP contribution in [0.4, 0.5) is 5.69 Å². The summed E-state index contributed by atoms with van der Waals surface area (Å²) in [6.45, 7) is 1.78. The van der Waals surface area contributed by atoms with Gasteiger partial charge in [0.25, 0.3) is 5.69 Å². The zero-order valence-electron chi connectivity index (χ0n) is 10.9. The van der Waals surface area contributed by atoms with Gasteiger partial charge in [0.05, 0.1) is 9.95 Å². The van der Waals surface area contributed by atoms with E-state index in [1.54, 1.807) is 6.92 Å². The molecule has 0 aromatic heterocycles. The van der Waals surface area contributed by atoms with Crippen LogP contribution in [-0.4, -0.2) is 19.4 Å². The van der Waals surface area contributed by atoms with Gasteiger partial charge in [0.2, 0.25) is 10.0 Å². The Morgan fingerprint density at radius 3 is 2.70 bits per heavy atom. The normalized spacial score (nSPS) is 16.9. The summed E-state index contributed by atoms with van der Waals surface area (Å²) in [6, 6.07) is 3.16. The number of nitro benzene ring substituents is 1. The van der Waals surface area contributed by atoms with Crippen LogP contribution in [0.2, 0.25) is 5.02 Å². The van der Waals surface area contributed by atoms with E-state index in [4.69, 9.17) is 11.6 Å². The van der Waals surface area contributed by atoms with Gasteiger partial charge in [-0.15, -0.1) is 0 Å².